The van der Waals surface area contributed by atoms with Crippen LogP contribution in [-0.4, -0.2) is 63.3 Å². The van der Waals surface area contributed by atoms with Crippen LogP contribution in [0.2, 0.25) is 0 Å². The minimum Gasteiger partial charge on any atom is -0.378 e. The molecule has 1 fully saturated rings. The van der Waals surface area contributed by atoms with E-state index in [1.807, 2.05) is 7.05 Å². The van der Waals surface area contributed by atoms with E-state index in [1.54, 1.807) is 0 Å². The number of aliphatic imine (C=N–C) groups is 1. The highest BCUT2D eigenvalue weighted by Gasteiger charge is 2.22. The molecule has 6 heteroatoms. The zero-order valence-corrected chi connectivity index (χ0v) is 21.0. The molecule has 2 N–H and O–H groups in total. The summed E-state index contributed by atoms with van der Waals surface area (Å²) in [4.78, 5) is 6.96. The van der Waals surface area contributed by atoms with Crippen molar-refractivity contribution in [2.75, 3.05) is 46.4 Å². The first kappa shape index (κ1) is 26.2. The lowest BCUT2D eigenvalue weighted by molar-refractivity contribution is 0.0258. The molecule has 2 unspecified atom stereocenters. The highest BCUT2D eigenvalue weighted by molar-refractivity contribution is 14.0. The number of hydrogen-bond acceptors (Lipinski definition) is 3. The molecule has 0 aromatic heterocycles. The molecule has 0 saturated carbocycles. The van der Waals surface area contributed by atoms with Crippen LogP contribution >= 0.6 is 24.0 Å². The van der Waals surface area contributed by atoms with Crippen molar-refractivity contribution < 1.29 is 4.74 Å². The van der Waals surface area contributed by atoms with Gasteiger partial charge >= 0.3 is 0 Å². The first-order valence-corrected chi connectivity index (χ1v) is 10.9. The maximum Gasteiger partial charge on any atom is 0.190 e. The standard InChI is InChI=1S/C23H40N4O.HI/c1-5-28-22(19(2)3)11-14-25-23(24-4)26-17-21-13-16-27(18-21)15-12-20-9-7-6-8-10-20;/h6-10,19,21-22H,5,11-18H2,1-4H3,(H2,24,25,26);1H. The van der Waals surface area contributed by atoms with Crippen molar-refractivity contribution >= 4 is 29.9 Å². The van der Waals surface area contributed by atoms with Crippen molar-refractivity contribution in [2.45, 2.75) is 46.1 Å². The predicted molar refractivity (Wildman–Crippen MR) is 134 cm³/mol. The van der Waals surface area contributed by atoms with Gasteiger partial charge in [-0.15, -0.1) is 24.0 Å². The lowest BCUT2D eigenvalue weighted by Crippen LogP contribution is -2.41. The van der Waals surface area contributed by atoms with E-state index in [0.29, 0.717) is 17.9 Å². The number of guanidine groups is 1. The third kappa shape index (κ3) is 10.1. The van der Waals surface area contributed by atoms with Gasteiger partial charge in [-0.05, 0) is 50.1 Å². The smallest absolute Gasteiger partial charge is 0.190 e. The Kier molecular flexibility index (Phi) is 13.6. The fraction of sp³-hybridized carbons (Fsp3) is 0.696. The molecule has 0 spiro atoms. The van der Waals surface area contributed by atoms with Crippen molar-refractivity contribution in [3.05, 3.63) is 35.9 Å². The Bertz CT molecular complexity index is 567. The first-order valence-electron chi connectivity index (χ1n) is 10.9. The lowest BCUT2D eigenvalue weighted by Gasteiger charge is -2.22. The third-order valence-corrected chi connectivity index (χ3v) is 5.56. The van der Waals surface area contributed by atoms with Gasteiger partial charge in [0.1, 0.15) is 0 Å². The Morgan fingerprint density at radius 3 is 2.66 bits per heavy atom. The Hall–Kier alpha value is -0.860. The predicted octanol–water partition coefficient (Wildman–Crippen LogP) is 3.79. The number of benzene rings is 1. The van der Waals surface area contributed by atoms with Gasteiger partial charge in [0.2, 0.25) is 0 Å². The van der Waals surface area contributed by atoms with Crippen molar-refractivity contribution in [2.24, 2.45) is 16.8 Å². The Labute approximate surface area is 195 Å². The average Bonchev–Trinajstić information content (AvgIpc) is 3.16. The van der Waals surface area contributed by atoms with Crippen molar-refractivity contribution in [3.63, 3.8) is 0 Å². The minimum atomic E-state index is 0. The van der Waals surface area contributed by atoms with E-state index < -0.39 is 0 Å². The molecule has 1 aromatic rings. The molecule has 0 radical (unpaired) electrons. The van der Waals surface area contributed by atoms with Gasteiger partial charge in [0, 0.05) is 39.8 Å². The van der Waals surface area contributed by atoms with E-state index in [2.05, 4.69) is 71.6 Å². The maximum absolute atomic E-state index is 5.82. The van der Waals surface area contributed by atoms with Gasteiger partial charge in [-0.2, -0.15) is 0 Å². The highest BCUT2D eigenvalue weighted by Crippen LogP contribution is 2.16. The van der Waals surface area contributed by atoms with Crippen LogP contribution in [0.3, 0.4) is 0 Å². The molecule has 1 saturated heterocycles. The summed E-state index contributed by atoms with van der Waals surface area (Å²) in [5, 5.41) is 6.95. The molecule has 1 aliphatic heterocycles. The molecule has 1 aromatic carbocycles. The fourth-order valence-corrected chi connectivity index (χ4v) is 3.83. The maximum atomic E-state index is 5.82. The fourth-order valence-electron chi connectivity index (χ4n) is 3.83. The second-order valence-electron chi connectivity index (χ2n) is 8.10. The van der Waals surface area contributed by atoms with Crippen LogP contribution in [0.4, 0.5) is 0 Å². The summed E-state index contributed by atoms with van der Waals surface area (Å²) in [5.74, 6) is 2.14. The van der Waals surface area contributed by atoms with Crippen molar-refractivity contribution in [3.8, 4) is 0 Å². The normalized spacial score (nSPS) is 18.5. The topological polar surface area (TPSA) is 48.9 Å². The van der Waals surface area contributed by atoms with Crippen LogP contribution in [0.25, 0.3) is 0 Å². The number of ether oxygens (including phenoxy) is 1. The van der Waals surface area contributed by atoms with E-state index >= 15 is 0 Å². The van der Waals surface area contributed by atoms with E-state index in [4.69, 9.17) is 4.74 Å². The summed E-state index contributed by atoms with van der Waals surface area (Å²) in [5.41, 5.74) is 1.43. The van der Waals surface area contributed by atoms with E-state index in [0.717, 1.165) is 45.0 Å². The van der Waals surface area contributed by atoms with Gasteiger partial charge in [0.25, 0.3) is 0 Å². The molecule has 1 aliphatic rings. The molecule has 0 aliphatic carbocycles. The van der Waals surface area contributed by atoms with Gasteiger partial charge in [-0.3, -0.25) is 4.99 Å². The van der Waals surface area contributed by atoms with Crippen LogP contribution in [0.1, 0.15) is 39.2 Å². The van der Waals surface area contributed by atoms with Gasteiger partial charge in [0.05, 0.1) is 6.10 Å². The van der Waals surface area contributed by atoms with Crippen LogP contribution < -0.4 is 10.6 Å². The number of halogens is 1. The van der Waals surface area contributed by atoms with Crippen LogP contribution in [-0.2, 0) is 11.2 Å². The van der Waals surface area contributed by atoms with E-state index in [1.165, 1.54) is 25.1 Å². The molecule has 2 rings (SSSR count). The average molecular weight is 517 g/mol. The molecule has 0 bridgehead atoms. The van der Waals surface area contributed by atoms with Crippen LogP contribution in [0.5, 0.6) is 0 Å². The molecule has 0 amide bonds. The largest absolute Gasteiger partial charge is 0.378 e. The second-order valence-corrected chi connectivity index (χ2v) is 8.10. The van der Waals surface area contributed by atoms with Gasteiger partial charge in [-0.1, -0.05) is 44.2 Å². The van der Waals surface area contributed by atoms with Gasteiger partial charge in [-0.25, -0.2) is 0 Å². The summed E-state index contributed by atoms with van der Waals surface area (Å²) in [6.07, 6.45) is 3.71. The summed E-state index contributed by atoms with van der Waals surface area (Å²) >= 11 is 0. The lowest BCUT2D eigenvalue weighted by atomic mass is 10.0. The second kappa shape index (κ2) is 15.0. The highest BCUT2D eigenvalue weighted by atomic mass is 127. The van der Waals surface area contributed by atoms with Gasteiger partial charge in [0.15, 0.2) is 5.96 Å². The molecule has 2 atom stereocenters. The van der Waals surface area contributed by atoms with Crippen molar-refractivity contribution in [1.82, 2.24) is 15.5 Å². The molecular weight excluding hydrogens is 475 g/mol. The number of nitrogens with one attached hydrogen (secondary N) is 2. The zero-order chi connectivity index (χ0) is 20.2. The number of hydrogen-bond donors (Lipinski definition) is 2. The molecular formula is C23H41IN4O. The van der Waals surface area contributed by atoms with Crippen LogP contribution in [0, 0.1) is 11.8 Å². The Balaban J connectivity index is 0.00000420. The molecule has 5 nitrogen and oxygen atoms in total. The van der Waals surface area contributed by atoms with Crippen LogP contribution in [0.15, 0.2) is 35.3 Å². The SMILES string of the molecule is CCOC(CCNC(=NC)NCC1CCN(CCc2ccccc2)C1)C(C)C.I. The van der Waals surface area contributed by atoms with Gasteiger partial charge < -0.3 is 20.3 Å². The summed E-state index contributed by atoms with van der Waals surface area (Å²) in [6, 6.07) is 10.8. The summed E-state index contributed by atoms with van der Waals surface area (Å²) in [6.45, 7) is 12.7. The Morgan fingerprint density at radius 2 is 2.00 bits per heavy atom. The van der Waals surface area contributed by atoms with E-state index in [9.17, 15) is 0 Å². The molecule has 166 valence electrons. The van der Waals surface area contributed by atoms with E-state index in [-0.39, 0.29) is 24.0 Å². The summed E-state index contributed by atoms with van der Waals surface area (Å²) in [7, 11) is 1.85. The zero-order valence-electron chi connectivity index (χ0n) is 18.7. The number of likely N-dealkylation sites (tertiary alicyclic amines) is 1. The number of nitrogens with zero attached hydrogens (tertiary/aromatic N) is 2. The third-order valence-electron chi connectivity index (χ3n) is 5.56. The van der Waals surface area contributed by atoms with Crippen molar-refractivity contribution in [1.29, 1.82) is 0 Å². The minimum absolute atomic E-state index is 0. The monoisotopic (exact) mass is 516 g/mol. The quantitative estimate of drug-likeness (QED) is 0.267. The first-order chi connectivity index (χ1) is 13.6. The molecule has 1 heterocycles. The number of rotatable bonds is 11. The summed E-state index contributed by atoms with van der Waals surface area (Å²) < 4.78 is 5.82. The molecule has 29 heavy (non-hydrogen) atoms. The Morgan fingerprint density at radius 1 is 1.24 bits per heavy atom.